The Morgan fingerprint density at radius 2 is 1.60 bits per heavy atom. The molecule has 0 N–H and O–H groups in total. The van der Waals surface area contributed by atoms with Gasteiger partial charge in [0.25, 0.3) is 0 Å². The second-order valence-corrected chi connectivity index (χ2v) is 5.58. The van der Waals surface area contributed by atoms with Gasteiger partial charge in [0, 0.05) is 23.7 Å². The first-order valence-electron chi connectivity index (χ1n) is 6.85. The highest BCUT2D eigenvalue weighted by Gasteiger charge is 2.48. The van der Waals surface area contributed by atoms with E-state index in [1.165, 1.54) is 11.1 Å². The second kappa shape index (κ2) is 3.95. The van der Waals surface area contributed by atoms with Crippen LogP contribution >= 0.6 is 0 Å². The maximum Gasteiger partial charge on any atom is 0.133 e. The van der Waals surface area contributed by atoms with Gasteiger partial charge < -0.3 is 0 Å². The molecule has 0 fully saturated rings. The van der Waals surface area contributed by atoms with E-state index >= 15 is 0 Å². The summed E-state index contributed by atoms with van der Waals surface area (Å²) in [5.74, 6) is 1.48. The molecule has 2 bridgehead atoms. The highest BCUT2D eigenvalue weighted by atomic mass is 14.5. The number of hydrogen-bond donors (Lipinski definition) is 0. The van der Waals surface area contributed by atoms with Crippen molar-refractivity contribution < 1.29 is 0 Å². The van der Waals surface area contributed by atoms with Crippen LogP contribution in [0, 0.1) is 34.5 Å². The molecule has 0 spiro atoms. The standard InChI is InChI=1S/C18H12N2/c19-9-12(10-20)13-7-5-11-6-8-16(13)18-15-4-2-1-3-14(15)17(11)18/h1-8,11,16-18H/t11-,16-,17-,18-/m0/s1. The first kappa shape index (κ1) is 11.3. The normalized spacial score (nSPS) is 31.4. The Bertz CT molecular complexity index is 751. The van der Waals surface area contributed by atoms with Crippen molar-refractivity contribution in [1.82, 2.24) is 0 Å². The molecule has 0 aromatic heterocycles. The molecule has 0 saturated heterocycles. The van der Waals surface area contributed by atoms with Gasteiger partial charge in [0.05, 0.1) is 0 Å². The zero-order valence-electron chi connectivity index (χ0n) is 10.8. The summed E-state index contributed by atoms with van der Waals surface area (Å²) in [6.45, 7) is 0. The number of allylic oxidation sites excluding steroid dienone is 6. The van der Waals surface area contributed by atoms with Crippen LogP contribution in [0.15, 0.2) is 59.7 Å². The van der Waals surface area contributed by atoms with Gasteiger partial charge in [0.1, 0.15) is 17.7 Å². The Kier molecular flexibility index (Phi) is 2.23. The fourth-order valence-electron chi connectivity index (χ4n) is 3.97. The first-order chi connectivity index (χ1) is 9.85. The summed E-state index contributed by atoms with van der Waals surface area (Å²) in [5, 5.41) is 18.3. The first-order valence-corrected chi connectivity index (χ1v) is 6.85. The lowest BCUT2D eigenvalue weighted by Gasteiger charge is -2.47. The molecule has 2 nitrogen and oxygen atoms in total. The molecule has 4 aliphatic rings. The Hall–Kier alpha value is -2.58. The smallest absolute Gasteiger partial charge is 0.133 e. The minimum Gasteiger partial charge on any atom is -0.192 e. The van der Waals surface area contributed by atoms with Gasteiger partial charge in [-0.15, -0.1) is 0 Å². The molecule has 1 aromatic rings. The van der Waals surface area contributed by atoms with Crippen molar-refractivity contribution in [3.8, 4) is 12.1 Å². The van der Waals surface area contributed by atoms with Crippen molar-refractivity contribution in [2.75, 3.05) is 0 Å². The van der Waals surface area contributed by atoms with E-state index in [1.54, 1.807) is 0 Å². The summed E-state index contributed by atoms with van der Waals surface area (Å²) in [5.41, 5.74) is 3.95. The van der Waals surface area contributed by atoms with Crippen molar-refractivity contribution in [2.45, 2.75) is 11.8 Å². The van der Waals surface area contributed by atoms with E-state index < -0.39 is 0 Å². The van der Waals surface area contributed by atoms with Crippen molar-refractivity contribution in [2.24, 2.45) is 11.8 Å². The molecule has 20 heavy (non-hydrogen) atoms. The Morgan fingerprint density at radius 3 is 2.30 bits per heavy atom. The van der Waals surface area contributed by atoms with Crippen LogP contribution < -0.4 is 0 Å². The third kappa shape index (κ3) is 1.26. The van der Waals surface area contributed by atoms with Gasteiger partial charge in [-0.25, -0.2) is 0 Å². The summed E-state index contributed by atoms with van der Waals surface area (Å²) in [7, 11) is 0. The molecular weight excluding hydrogens is 244 g/mol. The summed E-state index contributed by atoms with van der Waals surface area (Å²) in [4.78, 5) is 0. The highest BCUT2D eigenvalue weighted by Crippen LogP contribution is 2.60. The molecule has 0 aliphatic heterocycles. The predicted octanol–water partition coefficient (Wildman–Crippen LogP) is 3.58. The van der Waals surface area contributed by atoms with Gasteiger partial charge in [-0.3, -0.25) is 0 Å². The molecular formula is C18H12N2. The van der Waals surface area contributed by atoms with E-state index in [0.717, 1.165) is 5.57 Å². The fraction of sp³-hybridized carbons (Fsp3) is 0.222. The van der Waals surface area contributed by atoms with Crippen LogP contribution in [0.3, 0.4) is 0 Å². The Balaban J connectivity index is 1.92. The van der Waals surface area contributed by atoms with Gasteiger partial charge in [-0.1, -0.05) is 48.6 Å². The molecule has 0 amide bonds. The number of benzene rings is 1. The summed E-state index contributed by atoms with van der Waals surface area (Å²) in [6, 6.07) is 12.6. The quantitative estimate of drug-likeness (QED) is 0.526. The topological polar surface area (TPSA) is 47.6 Å². The van der Waals surface area contributed by atoms with Crippen LogP contribution in [0.5, 0.6) is 0 Å². The lowest BCUT2D eigenvalue weighted by atomic mass is 9.56. The largest absolute Gasteiger partial charge is 0.192 e. The molecule has 0 saturated carbocycles. The van der Waals surface area contributed by atoms with Gasteiger partial charge >= 0.3 is 0 Å². The SMILES string of the molecule is N#CC(C#N)=C1C=C[C@H]2C=C[C@@H]1[C@@H]1c3ccccc3[C@H]21. The lowest BCUT2D eigenvalue weighted by molar-refractivity contribution is 0.358. The van der Waals surface area contributed by atoms with Crippen molar-refractivity contribution >= 4 is 0 Å². The zero-order valence-corrected chi connectivity index (χ0v) is 10.8. The van der Waals surface area contributed by atoms with Crippen LogP contribution in [-0.4, -0.2) is 0 Å². The summed E-state index contributed by atoms with van der Waals surface area (Å²) < 4.78 is 0. The molecule has 1 aromatic carbocycles. The average Bonchev–Trinajstić information content (AvgIpc) is 2.74. The van der Waals surface area contributed by atoms with E-state index in [1.807, 2.05) is 18.2 Å². The summed E-state index contributed by atoms with van der Waals surface area (Å²) >= 11 is 0. The van der Waals surface area contributed by atoms with E-state index in [0.29, 0.717) is 17.8 Å². The molecule has 5 rings (SSSR count). The van der Waals surface area contributed by atoms with Crippen LogP contribution in [0.4, 0.5) is 0 Å². The Morgan fingerprint density at radius 1 is 0.900 bits per heavy atom. The predicted molar refractivity (Wildman–Crippen MR) is 75.4 cm³/mol. The minimum atomic E-state index is 0.166. The van der Waals surface area contributed by atoms with E-state index in [-0.39, 0.29) is 11.5 Å². The lowest BCUT2D eigenvalue weighted by Crippen LogP contribution is -2.35. The molecule has 94 valence electrons. The minimum absolute atomic E-state index is 0.166. The number of nitriles is 2. The van der Waals surface area contributed by atoms with Crippen molar-refractivity contribution in [3.63, 3.8) is 0 Å². The third-order valence-corrected chi connectivity index (χ3v) is 4.81. The maximum absolute atomic E-state index is 9.17. The van der Waals surface area contributed by atoms with E-state index in [4.69, 9.17) is 0 Å². The fourth-order valence-corrected chi connectivity index (χ4v) is 3.97. The zero-order chi connectivity index (χ0) is 13.7. The molecule has 0 radical (unpaired) electrons. The van der Waals surface area contributed by atoms with Crippen LogP contribution in [0.2, 0.25) is 0 Å². The molecule has 0 unspecified atom stereocenters. The van der Waals surface area contributed by atoms with Gasteiger partial charge in [-0.05, 0) is 16.7 Å². The molecule has 0 heterocycles. The second-order valence-electron chi connectivity index (χ2n) is 5.58. The maximum atomic E-state index is 9.17. The van der Waals surface area contributed by atoms with Crippen molar-refractivity contribution in [3.05, 3.63) is 70.8 Å². The molecule has 2 heteroatoms. The van der Waals surface area contributed by atoms with Crippen LogP contribution in [0.25, 0.3) is 0 Å². The highest BCUT2D eigenvalue weighted by molar-refractivity contribution is 5.58. The van der Waals surface area contributed by atoms with E-state index in [9.17, 15) is 10.5 Å². The Labute approximate surface area is 118 Å². The van der Waals surface area contributed by atoms with Gasteiger partial charge in [0.15, 0.2) is 0 Å². The van der Waals surface area contributed by atoms with Gasteiger partial charge in [0.2, 0.25) is 0 Å². The van der Waals surface area contributed by atoms with Crippen LogP contribution in [-0.2, 0) is 0 Å². The third-order valence-electron chi connectivity index (χ3n) is 4.81. The molecule has 4 atom stereocenters. The number of fused-ring (bicyclic) bond motifs is 2. The summed E-state index contributed by atoms with van der Waals surface area (Å²) in [6.07, 6.45) is 8.57. The van der Waals surface area contributed by atoms with Crippen molar-refractivity contribution in [1.29, 1.82) is 10.5 Å². The monoisotopic (exact) mass is 256 g/mol. The average molecular weight is 256 g/mol. The number of hydrogen-bond acceptors (Lipinski definition) is 2. The molecule has 4 aliphatic carbocycles. The van der Waals surface area contributed by atoms with E-state index in [2.05, 4.69) is 42.5 Å². The number of rotatable bonds is 0. The van der Waals surface area contributed by atoms with Gasteiger partial charge in [-0.2, -0.15) is 10.5 Å². The number of nitrogens with zero attached hydrogens (tertiary/aromatic N) is 2. The van der Waals surface area contributed by atoms with Crippen LogP contribution in [0.1, 0.15) is 23.0 Å².